The lowest BCUT2D eigenvalue weighted by atomic mass is 10.2. The maximum Gasteiger partial charge on any atom is 0.344 e. The summed E-state index contributed by atoms with van der Waals surface area (Å²) in [6, 6.07) is 8.91. The molecule has 0 amide bonds. The molecule has 0 saturated heterocycles. The molecule has 0 atom stereocenters. The Balaban J connectivity index is 3.03. The predicted octanol–water partition coefficient (Wildman–Crippen LogP) is 1.59. The van der Waals surface area contributed by atoms with Gasteiger partial charge in [-0.25, -0.2) is 4.79 Å². The first-order chi connectivity index (χ1) is 5.38. The fourth-order valence-corrected chi connectivity index (χ4v) is 1.01. The lowest BCUT2D eigenvalue weighted by molar-refractivity contribution is 0.510. The van der Waals surface area contributed by atoms with Crippen LogP contribution < -0.4 is 5.63 Å². The summed E-state index contributed by atoms with van der Waals surface area (Å²) < 4.78 is 4.56. The van der Waals surface area contributed by atoms with E-state index < -0.39 is 0 Å². The zero-order valence-corrected chi connectivity index (χ0v) is 5.70. The number of rotatable bonds is 0. The van der Waals surface area contributed by atoms with Gasteiger partial charge in [-0.05, 0) is 17.5 Å². The highest BCUT2D eigenvalue weighted by atomic mass is 16.4. The van der Waals surface area contributed by atoms with Crippen molar-refractivity contribution in [1.82, 2.24) is 0 Å². The molecular formula is C9H5O2. The molecule has 0 saturated carbocycles. The summed E-state index contributed by atoms with van der Waals surface area (Å²) >= 11 is 0. The van der Waals surface area contributed by atoms with Gasteiger partial charge in [0, 0.05) is 0 Å². The summed E-state index contributed by atoms with van der Waals surface area (Å²) in [7, 11) is 0. The van der Waals surface area contributed by atoms with Crippen molar-refractivity contribution in [3.05, 3.63) is 47.0 Å². The van der Waals surface area contributed by atoms with Gasteiger partial charge in [0.15, 0.2) is 6.26 Å². The Bertz CT molecular complexity index is 423. The van der Waals surface area contributed by atoms with Gasteiger partial charge >= 0.3 is 5.63 Å². The molecule has 2 rings (SSSR count). The fraction of sp³-hybridized carbons (Fsp3) is 0. The van der Waals surface area contributed by atoms with Crippen LogP contribution in [0.2, 0.25) is 0 Å². The maximum atomic E-state index is 11.0. The first-order valence-corrected chi connectivity index (χ1v) is 3.27. The first kappa shape index (κ1) is 6.16. The molecule has 0 aliphatic rings. The van der Waals surface area contributed by atoms with Crippen LogP contribution in [0.15, 0.2) is 39.5 Å². The van der Waals surface area contributed by atoms with Crippen LogP contribution in [0.1, 0.15) is 0 Å². The van der Waals surface area contributed by atoms with Crippen LogP contribution in [0.3, 0.4) is 0 Å². The lowest BCUT2D eigenvalue weighted by Crippen LogP contribution is -1.96. The SMILES string of the molecule is O=c1o[c]cc2ccccc12. The van der Waals surface area contributed by atoms with Crippen LogP contribution in [-0.4, -0.2) is 0 Å². The van der Waals surface area contributed by atoms with E-state index in [4.69, 9.17) is 0 Å². The minimum Gasteiger partial charge on any atom is -0.419 e. The third-order valence-electron chi connectivity index (χ3n) is 1.55. The van der Waals surface area contributed by atoms with Gasteiger partial charge in [-0.1, -0.05) is 18.2 Å². The highest BCUT2D eigenvalue weighted by Gasteiger charge is 1.95. The number of hydrogen-bond donors (Lipinski definition) is 0. The molecule has 2 heteroatoms. The van der Waals surface area contributed by atoms with Gasteiger partial charge < -0.3 is 4.42 Å². The third kappa shape index (κ3) is 0.923. The van der Waals surface area contributed by atoms with E-state index in [0.717, 1.165) is 5.39 Å². The van der Waals surface area contributed by atoms with Crippen LogP contribution in [0.5, 0.6) is 0 Å². The van der Waals surface area contributed by atoms with Crippen LogP contribution in [0.4, 0.5) is 0 Å². The van der Waals surface area contributed by atoms with E-state index in [0.29, 0.717) is 5.39 Å². The third-order valence-corrected chi connectivity index (χ3v) is 1.55. The zero-order valence-electron chi connectivity index (χ0n) is 5.70. The van der Waals surface area contributed by atoms with Gasteiger partial charge in [0.2, 0.25) is 0 Å². The molecule has 0 N–H and O–H groups in total. The summed E-state index contributed by atoms with van der Waals surface area (Å²) in [5.41, 5.74) is -0.330. The molecule has 0 fully saturated rings. The van der Waals surface area contributed by atoms with Crippen molar-refractivity contribution in [3.63, 3.8) is 0 Å². The largest absolute Gasteiger partial charge is 0.419 e. The van der Waals surface area contributed by atoms with Crippen molar-refractivity contribution in [2.75, 3.05) is 0 Å². The molecule has 0 aliphatic heterocycles. The Hall–Kier alpha value is -1.57. The summed E-state index contributed by atoms with van der Waals surface area (Å²) in [5, 5.41) is 1.47. The minimum atomic E-state index is -0.330. The number of hydrogen-bond acceptors (Lipinski definition) is 2. The van der Waals surface area contributed by atoms with E-state index >= 15 is 0 Å². The molecule has 2 nitrogen and oxygen atoms in total. The molecular weight excluding hydrogens is 140 g/mol. The van der Waals surface area contributed by atoms with E-state index in [-0.39, 0.29) is 5.63 Å². The molecule has 11 heavy (non-hydrogen) atoms. The molecule has 1 radical (unpaired) electrons. The van der Waals surface area contributed by atoms with Gasteiger partial charge in [-0.15, -0.1) is 0 Å². The second-order valence-electron chi connectivity index (χ2n) is 2.24. The highest BCUT2D eigenvalue weighted by molar-refractivity contribution is 5.80. The summed E-state index contributed by atoms with van der Waals surface area (Å²) in [6.45, 7) is 0. The summed E-state index contributed by atoms with van der Waals surface area (Å²) in [5.74, 6) is 0. The van der Waals surface area contributed by atoms with Gasteiger partial charge in [0.05, 0.1) is 5.39 Å². The molecule has 1 heterocycles. The number of fused-ring (bicyclic) bond motifs is 1. The topological polar surface area (TPSA) is 30.2 Å². The second kappa shape index (κ2) is 2.23. The molecule has 0 spiro atoms. The van der Waals surface area contributed by atoms with Crippen LogP contribution in [-0.2, 0) is 0 Å². The van der Waals surface area contributed by atoms with E-state index in [1.807, 2.05) is 12.1 Å². The Morgan fingerprint density at radius 2 is 2.09 bits per heavy atom. The molecule has 0 unspecified atom stereocenters. The van der Waals surface area contributed by atoms with Gasteiger partial charge in [-0.3, -0.25) is 0 Å². The zero-order chi connectivity index (χ0) is 7.68. The van der Waals surface area contributed by atoms with Crippen molar-refractivity contribution in [3.8, 4) is 0 Å². The Morgan fingerprint density at radius 1 is 1.27 bits per heavy atom. The van der Waals surface area contributed by atoms with E-state index in [1.165, 1.54) is 0 Å². The fourth-order valence-electron chi connectivity index (χ4n) is 1.01. The standard InChI is InChI=1S/C9H5O2/c10-9-8-4-2-1-3-7(8)5-6-11-9/h1-5H. The van der Waals surface area contributed by atoms with E-state index in [9.17, 15) is 4.79 Å². The van der Waals surface area contributed by atoms with Gasteiger partial charge in [-0.2, -0.15) is 0 Å². The summed E-state index contributed by atoms with van der Waals surface area (Å²) in [6.07, 6.45) is 2.42. The molecule has 2 aromatic rings. The van der Waals surface area contributed by atoms with Gasteiger partial charge in [0.1, 0.15) is 0 Å². The van der Waals surface area contributed by atoms with Crippen LogP contribution in [0.25, 0.3) is 10.8 Å². The van der Waals surface area contributed by atoms with E-state index in [2.05, 4.69) is 10.7 Å². The quantitative estimate of drug-likeness (QED) is 0.563. The molecule has 0 bridgehead atoms. The molecule has 0 aliphatic carbocycles. The lowest BCUT2D eigenvalue weighted by Gasteiger charge is -1.90. The van der Waals surface area contributed by atoms with Crippen molar-refractivity contribution in [2.24, 2.45) is 0 Å². The Labute approximate surface area is 63.1 Å². The van der Waals surface area contributed by atoms with Crippen molar-refractivity contribution in [2.45, 2.75) is 0 Å². The highest BCUT2D eigenvalue weighted by Crippen LogP contribution is 2.06. The predicted molar refractivity (Wildman–Crippen MR) is 41.3 cm³/mol. The smallest absolute Gasteiger partial charge is 0.344 e. The molecule has 1 aromatic heterocycles. The molecule has 53 valence electrons. The Morgan fingerprint density at radius 3 is 2.91 bits per heavy atom. The van der Waals surface area contributed by atoms with Gasteiger partial charge in [0.25, 0.3) is 0 Å². The van der Waals surface area contributed by atoms with Crippen molar-refractivity contribution >= 4 is 10.8 Å². The Kier molecular flexibility index (Phi) is 1.25. The van der Waals surface area contributed by atoms with E-state index in [1.54, 1.807) is 18.2 Å². The van der Waals surface area contributed by atoms with Crippen molar-refractivity contribution in [1.29, 1.82) is 0 Å². The monoisotopic (exact) mass is 145 g/mol. The second-order valence-corrected chi connectivity index (χ2v) is 2.24. The normalized spacial score (nSPS) is 10.2. The first-order valence-electron chi connectivity index (χ1n) is 3.27. The summed E-state index contributed by atoms with van der Waals surface area (Å²) in [4.78, 5) is 11.0. The average molecular weight is 145 g/mol. The van der Waals surface area contributed by atoms with Crippen molar-refractivity contribution < 1.29 is 4.42 Å². The van der Waals surface area contributed by atoms with Crippen LogP contribution >= 0.6 is 0 Å². The molecule has 1 aromatic carbocycles. The number of benzene rings is 1. The maximum absolute atomic E-state index is 11.0. The average Bonchev–Trinajstić information content (AvgIpc) is 2.06. The van der Waals surface area contributed by atoms with Crippen LogP contribution in [0, 0.1) is 6.26 Å². The minimum absolute atomic E-state index is 0.330.